The Hall–Kier alpha value is -3.01. The smallest absolute Gasteiger partial charge is 0.352 e. The monoisotopic (exact) mass is 293 g/mol. The number of H-pyrrole nitrogens is 1. The summed E-state index contributed by atoms with van der Waals surface area (Å²) in [6.07, 6.45) is 0. The minimum atomic E-state index is -0.974. The number of ether oxygens (including phenoxy) is 1. The van der Waals surface area contributed by atoms with Crippen molar-refractivity contribution in [3.63, 3.8) is 0 Å². The molecule has 0 saturated carbocycles. The average molecular weight is 293 g/mol. The average Bonchev–Trinajstić information content (AvgIpc) is 3.01. The standard InChI is InChI=1S/C18H15NO3/c1-22-14-9-7-13(8-10-14)16-11-15(17(19-16)18(20)21)12-5-3-2-4-6-12/h2-11,19H,1H3,(H,20,21). The fourth-order valence-electron chi connectivity index (χ4n) is 2.39. The van der Waals surface area contributed by atoms with Crippen molar-refractivity contribution in [2.24, 2.45) is 0 Å². The summed E-state index contributed by atoms with van der Waals surface area (Å²) in [6.45, 7) is 0. The number of carboxylic acids is 1. The molecule has 0 aliphatic heterocycles. The summed E-state index contributed by atoms with van der Waals surface area (Å²) in [4.78, 5) is 14.5. The molecule has 0 aliphatic carbocycles. The summed E-state index contributed by atoms with van der Waals surface area (Å²) in [5.74, 6) is -0.212. The van der Waals surface area contributed by atoms with Crippen LogP contribution in [0.1, 0.15) is 10.5 Å². The molecule has 0 fully saturated rings. The van der Waals surface area contributed by atoms with Crippen molar-refractivity contribution in [1.29, 1.82) is 0 Å². The Morgan fingerprint density at radius 3 is 2.27 bits per heavy atom. The topological polar surface area (TPSA) is 62.3 Å². The van der Waals surface area contributed by atoms with Gasteiger partial charge in [-0.25, -0.2) is 4.79 Å². The number of aromatic carboxylic acids is 1. The molecule has 0 aliphatic rings. The molecule has 2 aromatic carbocycles. The van der Waals surface area contributed by atoms with Gasteiger partial charge in [0.05, 0.1) is 7.11 Å². The van der Waals surface area contributed by atoms with E-state index < -0.39 is 5.97 Å². The van der Waals surface area contributed by atoms with Gasteiger partial charge in [0.1, 0.15) is 11.4 Å². The molecule has 0 amide bonds. The number of aromatic nitrogens is 1. The molecule has 0 spiro atoms. The largest absolute Gasteiger partial charge is 0.497 e. The van der Waals surface area contributed by atoms with Gasteiger partial charge in [-0.15, -0.1) is 0 Å². The van der Waals surface area contributed by atoms with E-state index in [1.54, 1.807) is 7.11 Å². The lowest BCUT2D eigenvalue weighted by atomic mass is 10.0. The normalized spacial score (nSPS) is 10.4. The zero-order valence-corrected chi connectivity index (χ0v) is 12.0. The number of hydrogen-bond donors (Lipinski definition) is 2. The predicted molar refractivity (Wildman–Crippen MR) is 85.2 cm³/mol. The van der Waals surface area contributed by atoms with Crippen LogP contribution in [0.15, 0.2) is 60.7 Å². The first-order chi connectivity index (χ1) is 10.7. The van der Waals surface area contributed by atoms with E-state index in [9.17, 15) is 9.90 Å². The third kappa shape index (κ3) is 2.59. The molecule has 0 bridgehead atoms. The SMILES string of the molecule is COc1ccc(-c2cc(-c3ccccc3)c(C(=O)O)[nH]2)cc1. The van der Waals surface area contributed by atoms with E-state index in [4.69, 9.17) is 4.74 Å². The van der Waals surface area contributed by atoms with Crippen molar-refractivity contribution in [2.45, 2.75) is 0 Å². The van der Waals surface area contributed by atoms with E-state index >= 15 is 0 Å². The summed E-state index contributed by atoms with van der Waals surface area (Å²) >= 11 is 0. The zero-order chi connectivity index (χ0) is 15.5. The molecule has 1 aromatic heterocycles. The van der Waals surface area contributed by atoms with E-state index in [0.717, 1.165) is 22.6 Å². The Labute approximate surface area is 128 Å². The fraction of sp³-hybridized carbons (Fsp3) is 0.0556. The van der Waals surface area contributed by atoms with Crippen LogP contribution < -0.4 is 4.74 Å². The van der Waals surface area contributed by atoms with Gasteiger partial charge in [0.15, 0.2) is 0 Å². The third-order valence-corrected chi connectivity index (χ3v) is 3.52. The Kier molecular flexibility index (Phi) is 3.66. The molecule has 2 N–H and O–H groups in total. The van der Waals surface area contributed by atoms with Gasteiger partial charge in [-0.1, -0.05) is 30.3 Å². The Morgan fingerprint density at radius 1 is 1.00 bits per heavy atom. The second-order valence-electron chi connectivity index (χ2n) is 4.87. The highest BCUT2D eigenvalue weighted by molar-refractivity contribution is 5.96. The molecule has 3 aromatic rings. The number of hydrogen-bond acceptors (Lipinski definition) is 2. The molecule has 3 rings (SSSR count). The van der Waals surface area contributed by atoms with Crippen LogP contribution >= 0.6 is 0 Å². The van der Waals surface area contributed by atoms with E-state index in [1.165, 1.54) is 0 Å². The van der Waals surface area contributed by atoms with Gasteiger partial charge in [0, 0.05) is 11.3 Å². The minimum absolute atomic E-state index is 0.192. The molecular formula is C18H15NO3. The first kappa shape index (κ1) is 13.9. The van der Waals surface area contributed by atoms with Gasteiger partial charge in [-0.2, -0.15) is 0 Å². The van der Waals surface area contributed by atoms with Crippen LogP contribution in [-0.2, 0) is 0 Å². The van der Waals surface area contributed by atoms with Crippen LogP contribution in [0.2, 0.25) is 0 Å². The van der Waals surface area contributed by atoms with Crippen LogP contribution in [0, 0.1) is 0 Å². The first-order valence-electron chi connectivity index (χ1n) is 6.85. The quantitative estimate of drug-likeness (QED) is 0.762. The van der Waals surface area contributed by atoms with E-state index in [2.05, 4.69) is 4.98 Å². The predicted octanol–water partition coefficient (Wildman–Crippen LogP) is 4.06. The van der Waals surface area contributed by atoms with Gasteiger partial charge >= 0.3 is 5.97 Å². The highest BCUT2D eigenvalue weighted by Gasteiger charge is 2.16. The summed E-state index contributed by atoms with van der Waals surface area (Å²) < 4.78 is 5.14. The van der Waals surface area contributed by atoms with E-state index in [0.29, 0.717) is 5.56 Å². The fourth-order valence-corrected chi connectivity index (χ4v) is 2.39. The lowest BCUT2D eigenvalue weighted by molar-refractivity contribution is 0.0692. The molecule has 4 nitrogen and oxygen atoms in total. The van der Waals surface area contributed by atoms with E-state index in [-0.39, 0.29) is 5.69 Å². The summed E-state index contributed by atoms with van der Waals surface area (Å²) in [5.41, 5.74) is 3.41. The highest BCUT2D eigenvalue weighted by atomic mass is 16.5. The van der Waals surface area contributed by atoms with Gasteiger partial charge in [-0.05, 0) is 41.5 Å². The molecular weight excluding hydrogens is 278 g/mol. The van der Waals surface area contributed by atoms with E-state index in [1.807, 2.05) is 60.7 Å². The first-order valence-corrected chi connectivity index (χ1v) is 6.85. The molecule has 110 valence electrons. The van der Waals surface area contributed by atoms with Crippen molar-refractivity contribution >= 4 is 5.97 Å². The number of benzene rings is 2. The summed E-state index contributed by atoms with van der Waals surface area (Å²) in [7, 11) is 1.61. The molecule has 0 radical (unpaired) electrons. The van der Waals surface area contributed by atoms with Crippen molar-refractivity contribution in [1.82, 2.24) is 4.98 Å². The number of aromatic amines is 1. The molecule has 0 saturated heterocycles. The lowest BCUT2D eigenvalue weighted by Gasteiger charge is -2.01. The third-order valence-electron chi connectivity index (χ3n) is 3.52. The van der Waals surface area contributed by atoms with Crippen molar-refractivity contribution < 1.29 is 14.6 Å². The second kappa shape index (κ2) is 5.77. The Bertz CT molecular complexity index is 789. The molecule has 0 atom stereocenters. The van der Waals surface area contributed by atoms with Crippen LogP contribution in [0.4, 0.5) is 0 Å². The maximum absolute atomic E-state index is 11.5. The zero-order valence-electron chi connectivity index (χ0n) is 12.0. The summed E-state index contributed by atoms with van der Waals surface area (Å²) in [6, 6.07) is 18.8. The minimum Gasteiger partial charge on any atom is -0.497 e. The van der Waals surface area contributed by atoms with Gasteiger partial charge in [-0.3, -0.25) is 0 Å². The van der Waals surface area contributed by atoms with Crippen molar-refractivity contribution in [3.05, 3.63) is 66.4 Å². The lowest BCUT2D eigenvalue weighted by Crippen LogP contribution is -1.98. The molecule has 0 unspecified atom stereocenters. The van der Waals surface area contributed by atoms with Crippen molar-refractivity contribution in [3.8, 4) is 28.1 Å². The van der Waals surface area contributed by atoms with Crippen LogP contribution in [0.5, 0.6) is 5.75 Å². The summed E-state index contributed by atoms with van der Waals surface area (Å²) in [5, 5.41) is 9.42. The second-order valence-corrected chi connectivity index (χ2v) is 4.87. The number of carboxylic acid groups (broad SMARTS) is 1. The Balaban J connectivity index is 2.08. The molecule has 1 heterocycles. The Morgan fingerprint density at radius 2 is 1.68 bits per heavy atom. The highest BCUT2D eigenvalue weighted by Crippen LogP contribution is 2.30. The van der Waals surface area contributed by atoms with Crippen LogP contribution in [-0.4, -0.2) is 23.2 Å². The number of nitrogens with one attached hydrogen (secondary N) is 1. The number of rotatable bonds is 4. The van der Waals surface area contributed by atoms with Gasteiger partial charge in [0.25, 0.3) is 0 Å². The van der Waals surface area contributed by atoms with Crippen molar-refractivity contribution in [2.75, 3.05) is 7.11 Å². The van der Waals surface area contributed by atoms with Gasteiger partial charge < -0.3 is 14.8 Å². The number of methoxy groups -OCH3 is 1. The maximum Gasteiger partial charge on any atom is 0.352 e. The number of carbonyl (C=O) groups is 1. The molecule has 22 heavy (non-hydrogen) atoms. The van der Waals surface area contributed by atoms with Gasteiger partial charge in [0.2, 0.25) is 0 Å². The molecule has 4 heteroatoms. The maximum atomic E-state index is 11.5. The van der Waals surface area contributed by atoms with Crippen LogP contribution in [0.3, 0.4) is 0 Å². The van der Waals surface area contributed by atoms with Crippen LogP contribution in [0.25, 0.3) is 22.4 Å².